The van der Waals surface area contributed by atoms with Gasteiger partial charge in [0.2, 0.25) is 0 Å². The van der Waals surface area contributed by atoms with Crippen molar-refractivity contribution in [1.82, 2.24) is 9.88 Å². The van der Waals surface area contributed by atoms with Crippen molar-refractivity contribution in [2.75, 3.05) is 0 Å². The highest BCUT2D eigenvalue weighted by atomic mass is 35.5. The number of nitrogens with zero attached hydrogens (tertiary/aromatic N) is 1. The lowest BCUT2D eigenvalue weighted by molar-refractivity contribution is 0.0755. The number of hydrogen-bond donors (Lipinski definition) is 2. The second kappa shape index (κ2) is 8.71. The van der Waals surface area contributed by atoms with Gasteiger partial charge < -0.3 is 15.6 Å². The Kier molecular flexibility index (Phi) is 6.51. The first-order valence-corrected chi connectivity index (χ1v) is 10.3. The van der Waals surface area contributed by atoms with Crippen molar-refractivity contribution in [3.63, 3.8) is 0 Å². The van der Waals surface area contributed by atoms with Crippen LogP contribution < -0.4 is 11.1 Å². The van der Waals surface area contributed by atoms with Crippen molar-refractivity contribution in [2.24, 2.45) is 17.6 Å². The van der Waals surface area contributed by atoms with Gasteiger partial charge in [-0.05, 0) is 63.0 Å². The van der Waals surface area contributed by atoms with E-state index in [0.29, 0.717) is 23.9 Å². The number of fused-ring (bicyclic) bond motifs is 2. The Balaban J connectivity index is 0.00000225. The molecule has 2 aromatic rings. The lowest BCUT2D eigenvalue weighted by Gasteiger charge is -2.45. The molecule has 0 aliphatic heterocycles. The zero-order valence-corrected chi connectivity index (χ0v) is 17.7. The van der Waals surface area contributed by atoms with Crippen LogP contribution in [0.4, 0.5) is 0 Å². The number of hydrogen-bond acceptors (Lipinski definition) is 2. The SMILES string of the molecule is Cc1cc(C(=O)NC2C3CCCC2CC(N)C3)c(C)n1Cc1ccccc1.Cl. The average molecular weight is 402 g/mol. The van der Waals surface area contributed by atoms with E-state index < -0.39 is 0 Å². The van der Waals surface area contributed by atoms with Gasteiger partial charge in [-0.15, -0.1) is 12.4 Å². The standard InChI is InChI=1S/C23H31N3O.ClH/c1-15-11-21(16(2)26(15)14-17-7-4-3-5-8-17)23(27)25-22-18-9-6-10-19(22)13-20(24)12-18;/h3-5,7-8,11,18-20,22H,6,9-10,12-14,24H2,1-2H3,(H,25,27);1H. The topological polar surface area (TPSA) is 60.1 Å². The molecule has 2 bridgehead atoms. The molecule has 2 aliphatic rings. The van der Waals surface area contributed by atoms with Gasteiger partial charge in [-0.3, -0.25) is 4.79 Å². The number of rotatable bonds is 4. The van der Waals surface area contributed by atoms with Crippen LogP contribution in [0.25, 0.3) is 0 Å². The zero-order chi connectivity index (χ0) is 19.0. The third kappa shape index (κ3) is 4.13. The molecule has 0 spiro atoms. The quantitative estimate of drug-likeness (QED) is 0.806. The molecule has 5 heteroatoms. The van der Waals surface area contributed by atoms with Gasteiger partial charge in [-0.25, -0.2) is 0 Å². The molecule has 1 aromatic carbocycles. The summed E-state index contributed by atoms with van der Waals surface area (Å²) in [4.78, 5) is 13.1. The molecular formula is C23H32ClN3O. The van der Waals surface area contributed by atoms with E-state index in [1.165, 1.54) is 24.8 Å². The number of benzene rings is 1. The van der Waals surface area contributed by atoms with Crippen LogP contribution in [-0.4, -0.2) is 22.6 Å². The van der Waals surface area contributed by atoms with Gasteiger partial charge in [0.25, 0.3) is 5.91 Å². The molecule has 2 atom stereocenters. The Morgan fingerprint density at radius 2 is 1.79 bits per heavy atom. The predicted molar refractivity (Wildman–Crippen MR) is 116 cm³/mol. The molecule has 152 valence electrons. The molecule has 4 nitrogen and oxygen atoms in total. The molecule has 0 radical (unpaired) electrons. The van der Waals surface area contributed by atoms with Crippen LogP contribution in [0.2, 0.25) is 0 Å². The summed E-state index contributed by atoms with van der Waals surface area (Å²) in [5, 5.41) is 3.40. The van der Waals surface area contributed by atoms with E-state index in [4.69, 9.17) is 5.73 Å². The maximum atomic E-state index is 13.1. The summed E-state index contributed by atoms with van der Waals surface area (Å²) < 4.78 is 2.24. The highest BCUT2D eigenvalue weighted by Gasteiger charge is 2.40. The normalized spacial score (nSPS) is 26.4. The highest BCUT2D eigenvalue weighted by Crippen LogP contribution is 2.39. The van der Waals surface area contributed by atoms with Gasteiger partial charge in [0.1, 0.15) is 0 Å². The summed E-state index contributed by atoms with van der Waals surface area (Å²) in [5.41, 5.74) is 10.5. The number of amides is 1. The summed E-state index contributed by atoms with van der Waals surface area (Å²) in [5.74, 6) is 1.17. The second-order valence-electron chi connectivity index (χ2n) is 8.54. The molecule has 2 unspecified atom stereocenters. The van der Waals surface area contributed by atoms with E-state index in [1.54, 1.807) is 0 Å². The van der Waals surface area contributed by atoms with E-state index in [-0.39, 0.29) is 18.3 Å². The Bertz CT molecular complexity index is 803. The van der Waals surface area contributed by atoms with Crippen LogP contribution in [0.3, 0.4) is 0 Å². The predicted octanol–water partition coefficient (Wildman–Crippen LogP) is 4.21. The minimum atomic E-state index is 0. The summed E-state index contributed by atoms with van der Waals surface area (Å²) in [7, 11) is 0. The van der Waals surface area contributed by atoms with Crippen LogP contribution in [0.15, 0.2) is 36.4 Å². The summed E-state index contributed by atoms with van der Waals surface area (Å²) >= 11 is 0. The third-order valence-electron chi connectivity index (χ3n) is 6.68. The van der Waals surface area contributed by atoms with E-state index in [1.807, 2.05) is 12.1 Å². The van der Waals surface area contributed by atoms with Gasteiger partial charge in [0.05, 0.1) is 5.56 Å². The van der Waals surface area contributed by atoms with Crippen LogP contribution in [-0.2, 0) is 6.54 Å². The molecular weight excluding hydrogens is 370 g/mol. The summed E-state index contributed by atoms with van der Waals surface area (Å²) in [6.45, 7) is 4.94. The summed E-state index contributed by atoms with van der Waals surface area (Å²) in [6.07, 6.45) is 5.77. The molecule has 2 saturated carbocycles. The molecule has 1 heterocycles. The fraction of sp³-hybridized carbons (Fsp3) is 0.522. The first-order valence-electron chi connectivity index (χ1n) is 10.3. The van der Waals surface area contributed by atoms with Crippen LogP contribution in [0.5, 0.6) is 0 Å². The number of nitrogens with one attached hydrogen (secondary N) is 1. The maximum Gasteiger partial charge on any atom is 0.253 e. The number of carbonyl (C=O) groups is 1. The first-order chi connectivity index (χ1) is 13.0. The minimum absolute atomic E-state index is 0. The Morgan fingerprint density at radius 3 is 2.43 bits per heavy atom. The van der Waals surface area contributed by atoms with Gasteiger partial charge >= 0.3 is 0 Å². The molecule has 28 heavy (non-hydrogen) atoms. The zero-order valence-electron chi connectivity index (χ0n) is 16.9. The highest BCUT2D eigenvalue weighted by molar-refractivity contribution is 5.96. The molecule has 2 fully saturated rings. The van der Waals surface area contributed by atoms with Gasteiger partial charge in [0.15, 0.2) is 0 Å². The Morgan fingerprint density at radius 1 is 1.14 bits per heavy atom. The van der Waals surface area contributed by atoms with E-state index in [9.17, 15) is 4.79 Å². The van der Waals surface area contributed by atoms with Crippen molar-refractivity contribution in [3.05, 3.63) is 58.9 Å². The van der Waals surface area contributed by atoms with Crippen molar-refractivity contribution in [1.29, 1.82) is 0 Å². The molecule has 2 aliphatic carbocycles. The summed E-state index contributed by atoms with van der Waals surface area (Å²) in [6, 6.07) is 13.1. The van der Waals surface area contributed by atoms with Crippen molar-refractivity contribution < 1.29 is 4.79 Å². The third-order valence-corrected chi connectivity index (χ3v) is 6.68. The Hall–Kier alpha value is -1.78. The smallest absolute Gasteiger partial charge is 0.253 e. The van der Waals surface area contributed by atoms with Crippen molar-refractivity contribution >= 4 is 18.3 Å². The van der Waals surface area contributed by atoms with Crippen LogP contribution >= 0.6 is 12.4 Å². The number of nitrogens with two attached hydrogens (primary N) is 1. The van der Waals surface area contributed by atoms with Gasteiger partial charge in [0, 0.05) is 30.0 Å². The number of halogens is 1. The fourth-order valence-corrected chi connectivity index (χ4v) is 5.29. The minimum Gasteiger partial charge on any atom is -0.349 e. The van der Waals surface area contributed by atoms with E-state index in [0.717, 1.165) is 36.3 Å². The van der Waals surface area contributed by atoms with E-state index in [2.05, 4.69) is 48.0 Å². The first kappa shape index (κ1) is 20.9. The maximum absolute atomic E-state index is 13.1. The van der Waals surface area contributed by atoms with Gasteiger partial charge in [-0.1, -0.05) is 36.8 Å². The van der Waals surface area contributed by atoms with Crippen LogP contribution in [0, 0.1) is 25.7 Å². The number of aryl methyl sites for hydroxylation is 1. The van der Waals surface area contributed by atoms with E-state index >= 15 is 0 Å². The molecule has 1 aromatic heterocycles. The lowest BCUT2D eigenvalue weighted by Crippen LogP contribution is -2.53. The van der Waals surface area contributed by atoms with Crippen molar-refractivity contribution in [2.45, 2.75) is 64.6 Å². The lowest BCUT2D eigenvalue weighted by atomic mass is 9.67. The largest absolute Gasteiger partial charge is 0.349 e. The molecule has 3 N–H and O–H groups in total. The molecule has 0 saturated heterocycles. The molecule has 1 amide bonds. The monoisotopic (exact) mass is 401 g/mol. The molecule has 4 rings (SSSR count). The fourth-order valence-electron chi connectivity index (χ4n) is 5.29. The number of aromatic nitrogens is 1. The van der Waals surface area contributed by atoms with Gasteiger partial charge in [-0.2, -0.15) is 0 Å². The van der Waals surface area contributed by atoms with Crippen LogP contribution in [0.1, 0.15) is 59.4 Å². The number of carbonyl (C=O) groups excluding carboxylic acids is 1. The van der Waals surface area contributed by atoms with Crippen molar-refractivity contribution in [3.8, 4) is 0 Å². The average Bonchev–Trinajstić information content (AvgIpc) is 2.92. The second-order valence-corrected chi connectivity index (χ2v) is 8.54. The Labute approximate surface area is 174 Å².